The van der Waals surface area contributed by atoms with Gasteiger partial charge in [0, 0.05) is 11.8 Å². The number of amides is 2. The van der Waals surface area contributed by atoms with Gasteiger partial charge >= 0.3 is 0 Å². The number of thiocarbonyl (C=S) groups is 1. The summed E-state index contributed by atoms with van der Waals surface area (Å²) in [6, 6.07) is 13.0. The van der Waals surface area contributed by atoms with E-state index in [-0.39, 0.29) is 21.5 Å². The molecular formula is C21H13N5O5S. The molecule has 32 heavy (non-hydrogen) atoms. The summed E-state index contributed by atoms with van der Waals surface area (Å²) in [6.07, 6.45) is -0.646. The number of benzene rings is 2. The van der Waals surface area contributed by atoms with E-state index in [9.17, 15) is 24.0 Å². The van der Waals surface area contributed by atoms with Crippen LogP contribution in [0.4, 0.5) is 0 Å². The summed E-state index contributed by atoms with van der Waals surface area (Å²) in [5.41, 5.74) is -0.874. The monoisotopic (exact) mass is 447 g/mol. The number of nitrogens with one attached hydrogen (secondary N) is 2. The normalized spacial score (nSPS) is 14.7. The molecule has 0 atom stereocenters. The highest BCUT2D eigenvalue weighted by atomic mass is 32.1. The quantitative estimate of drug-likeness (QED) is 0.196. The number of nitrogens with zero attached hydrogens (tertiary/aromatic N) is 3. The minimum atomic E-state index is -1.41. The SMILES string of the molecule is O=C1NC(=S)NC(=O)C1CC(=O)n1c(=O)c2ccccc2c2nc3ccccc3c(=O)n21. The van der Waals surface area contributed by atoms with Crippen LogP contribution in [0.15, 0.2) is 58.1 Å². The zero-order valence-corrected chi connectivity index (χ0v) is 17.0. The molecule has 2 amide bonds. The molecule has 2 aromatic heterocycles. The van der Waals surface area contributed by atoms with Gasteiger partial charge in [-0.05, 0) is 30.4 Å². The van der Waals surface area contributed by atoms with E-state index in [0.29, 0.717) is 15.6 Å². The molecule has 0 bridgehead atoms. The molecule has 4 aromatic rings. The van der Waals surface area contributed by atoms with Crippen molar-refractivity contribution in [3.05, 3.63) is 69.2 Å². The predicted octanol–water partition coefficient (Wildman–Crippen LogP) is 0.340. The molecular weight excluding hydrogens is 434 g/mol. The summed E-state index contributed by atoms with van der Waals surface area (Å²) >= 11 is 4.76. The zero-order chi connectivity index (χ0) is 22.6. The Morgan fingerprint density at radius 1 is 0.875 bits per heavy atom. The summed E-state index contributed by atoms with van der Waals surface area (Å²) in [7, 11) is 0. The standard InChI is InChI=1S/C21H13N5O5S/c27-15(9-13-17(28)23-21(32)24-18(13)29)25-19(30)11-6-2-1-5-10(11)16-22-14-8-4-3-7-12(14)20(31)26(16)25/h1-8,13H,9H2,(H2,23,24,28,29,32). The molecule has 3 heterocycles. The molecule has 10 nitrogen and oxygen atoms in total. The van der Waals surface area contributed by atoms with Crippen molar-refractivity contribution in [1.29, 1.82) is 0 Å². The first-order valence-corrected chi connectivity index (χ1v) is 9.92. The number of aromatic nitrogens is 3. The minimum Gasteiger partial charge on any atom is -0.302 e. The number of carbonyl (C=O) groups excluding carboxylic acids is 3. The van der Waals surface area contributed by atoms with Crippen LogP contribution in [0.2, 0.25) is 0 Å². The van der Waals surface area contributed by atoms with Crippen molar-refractivity contribution in [1.82, 2.24) is 24.8 Å². The lowest BCUT2D eigenvalue weighted by Crippen LogP contribution is -2.56. The number of carbonyl (C=O) groups is 3. The maximum Gasteiger partial charge on any atom is 0.281 e. The van der Waals surface area contributed by atoms with Crippen molar-refractivity contribution in [3.63, 3.8) is 0 Å². The summed E-state index contributed by atoms with van der Waals surface area (Å²) in [6.45, 7) is 0. The van der Waals surface area contributed by atoms with Crippen LogP contribution in [0.5, 0.6) is 0 Å². The van der Waals surface area contributed by atoms with E-state index >= 15 is 0 Å². The smallest absolute Gasteiger partial charge is 0.281 e. The van der Waals surface area contributed by atoms with Crippen molar-refractivity contribution < 1.29 is 14.4 Å². The van der Waals surface area contributed by atoms with E-state index < -0.39 is 41.2 Å². The van der Waals surface area contributed by atoms with Gasteiger partial charge < -0.3 is 10.6 Å². The van der Waals surface area contributed by atoms with Crippen molar-refractivity contribution in [2.45, 2.75) is 6.42 Å². The summed E-state index contributed by atoms with van der Waals surface area (Å²) in [5, 5.41) is 5.15. The van der Waals surface area contributed by atoms with Crippen molar-refractivity contribution in [2.75, 3.05) is 0 Å². The van der Waals surface area contributed by atoms with E-state index in [0.717, 1.165) is 4.52 Å². The Balaban J connectivity index is 1.80. The van der Waals surface area contributed by atoms with Crippen molar-refractivity contribution in [3.8, 4) is 0 Å². The molecule has 0 unspecified atom stereocenters. The Morgan fingerprint density at radius 3 is 2.16 bits per heavy atom. The van der Waals surface area contributed by atoms with Gasteiger partial charge in [-0.1, -0.05) is 30.3 Å². The third kappa shape index (κ3) is 2.90. The fourth-order valence-electron chi connectivity index (χ4n) is 3.77. The molecule has 11 heteroatoms. The molecule has 5 rings (SSSR count). The van der Waals surface area contributed by atoms with Gasteiger partial charge in [-0.2, -0.15) is 9.20 Å². The second-order valence-electron chi connectivity index (χ2n) is 7.19. The van der Waals surface area contributed by atoms with Gasteiger partial charge in [-0.3, -0.25) is 24.0 Å². The van der Waals surface area contributed by atoms with E-state index in [2.05, 4.69) is 15.6 Å². The van der Waals surface area contributed by atoms with Crippen molar-refractivity contribution >= 4 is 62.4 Å². The average molecular weight is 447 g/mol. The van der Waals surface area contributed by atoms with Gasteiger partial charge in [0.2, 0.25) is 17.7 Å². The molecule has 0 saturated carbocycles. The van der Waals surface area contributed by atoms with Gasteiger partial charge in [-0.25, -0.2) is 4.98 Å². The second kappa shape index (κ2) is 7.17. The van der Waals surface area contributed by atoms with Crippen LogP contribution >= 0.6 is 12.2 Å². The van der Waals surface area contributed by atoms with E-state index in [1.165, 1.54) is 12.1 Å². The molecule has 158 valence electrons. The van der Waals surface area contributed by atoms with E-state index in [1.807, 2.05) is 0 Å². The lowest BCUT2D eigenvalue weighted by atomic mass is 10.0. The predicted molar refractivity (Wildman–Crippen MR) is 118 cm³/mol. The van der Waals surface area contributed by atoms with Crippen LogP contribution in [0.1, 0.15) is 11.2 Å². The highest BCUT2D eigenvalue weighted by Crippen LogP contribution is 2.18. The first-order chi connectivity index (χ1) is 15.4. The zero-order valence-electron chi connectivity index (χ0n) is 16.2. The largest absolute Gasteiger partial charge is 0.302 e. The Kier molecular flexibility index (Phi) is 4.41. The Bertz CT molecular complexity index is 1620. The Hall–Kier alpha value is -4.25. The first-order valence-electron chi connectivity index (χ1n) is 9.51. The fraction of sp³-hybridized carbons (Fsp3) is 0.0952. The van der Waals surface area contributed by atoms with Crippen LogP contribution in [0.25, 0.3) is 27.3 Å². The summed E-state index contributed by atoms with van der Waals surface area (Å²) in [4.78, 5) is 68.7. The lowest BCUT2D eigenvalue weighted by Gasteiger charge is -2.22. The van der Waals surface area contributed by atoms with Crippen LogP contribution in [0.3, 0.4) is 0 Å². The fourth-order valence-corrected chi connectivity index (χ4v) is 3.97. The second-order valence-corrected chi connectivity index (χ2v) is 7.60. The van der Waals surface area contributed by atoms with Crippen molar-refractivity contribution in [2.24, 2.45) is 5.92 Å². The van der Waals surface area contributed by atoms with Crippen LogP contribution in [-0.2, 0) is 9.59 Å². The number of rotatable bonds is 2. The van der Waals surface area contributed by atoms with Crippen LogP contribution in [-0.4, -0.2) is 37.0 Å². The summed E-state index contributed by atoms with van der Waals surface area (Å²) in [5.74, 6) is -3.85. The molecule has 2 aromatic carbocycles. The molecule has 0 aliphatic carbocycles. The summed E-state index contributed by atoms with van der Waals surface area (Å²) < 4.78 is 1.55. The topological polar surface area (TPSA) is 132 Å². The van der Waals surface area contributed by atoms with E-state index in [4.69, 9.17) is 12.2 Å². The maximum atomic E-state index is 13.3. The lowest BCUT2D eigenvalue weighted by molar-refractivity contribution is -0.135. The molecule has 0 spiro atoms. The number of hydrogen-bond acceptors (Lipinski definition) is 7. The van der Waals surface area contributed by atoms with Gasteiger partial charge in [0.25, 0.3) is 11.1 Å². The highest BCUT2D eigenvalue weighted by molar-refractivity contribution is 7.80. The number of hydrogen-bond donors (Lipinski definition) is 2. The van der Waals surface area contributed by atoms with Gasteiger partial charge in [0.15, 0.2) is 10.8 Å². The molecule has 1 aliphatic rings. The average Bonchev–Trinajstić information content (AvgIpc) is 2.77. The van der Waals surface area contributed by atoms with Gasteiger partial charge in [0.05, 0.1) is 16.3 Å². The van der Waals surface area contributed by atoms with E-state index in [1.54, 1.807) is 36.4 Å². The molecule has 0 radical (unpaired) electrons. The molecule has 2 N–H and O–H groups in total. The Labute approximate surface area is 183 Å². The molecule has 1 fully saturated rings. The maximum absolute atomic E-state index is 13.3. The third-order valence-electron chi connectivity index (χ3n) is 5.27. The first kappa shape index (κ1) is 19.7. The molecule has 1 saturated heterocycles. The number of fused-ring (bicyclic) bond motifs is 4. The Morgan fingerprint density at radius 2 is 1.47 bits per heavy atom. The highest BCUT2D eigenvalue weighted by Gasteiger charge is 2.35. The van der Waals surface area contributed by atoms with Gasteiger partial charge in [0.1, 0.15) is 5.92 Å². The van der Waals surface area contributed by atoms with Crippen LogP contribution in [0, 0.1) is 5.92 Å². The minimum absolute atomic E-state index is 0.107. The molecule has 1 aliphatic heterocycles. The van der Waals surface area contributed by atoms with Gasteiger partial charge in [-0.15, -0.1) is 0 Å². The third-order valence-corrected chi connectivity index (χ3v) is 5.47. The van der Waals surface area contributed by atoms with Crippen LogP contribution < -0.4 is 21.8 Å². The number of para-hydroxylation sites is 1.